The molecule has 1 fully saturated rings. The van der Waals surface area contributed by atoms with Crippen LogP contribution in [0, 0.1) is 11.7 Å². The van der Waals surface area contributed by atoms with Crippen LogP contribution in [0.5, 0.6) is 0 Å². The minimum absolute atomic E-state index is 0.0900. The molecular weight excluding hydrogens is 377 g/mol. The molecule has 30 heavy (non-hydrogen) atoms. The van der Waals surface area contributed by atoms with E-state index in [0.29, 0.717) is 6.42 Å². The Morgan fingerprint density at radius 1 is 1.00 bits per heavy atom. The number of carbonyl (C=O) groups is 1. The first-order valence-corrected chi connectivity index (χ1v) is 10.8. The van der Waals surface area contributed by atoms with Crippen LogP contribution in [0.25, 0.3) is 10.8 Å². The van der Waals surface area contributed by atoms with Gasteiger partial charge in [-0.05, 0) is 79.9 Å². The minimum Gasteiger partial charge on any atom is -0.388 e. The zero-order chi connectivity index (χ0) is 20.9. The standard InChI is InChI=1S/C26H28FNO2/c27-24-11-9-20(10-12-24)25(29)6-3-15-28-16-13-21(14-17-28)26(30)23-8-7-19-4-1-2-5-22(19)18-23/h1-2,4-5,7-12,18,21,25,29H,3,6,13-17H2. The summed E-state index contributed by atoms with van der Waals surface area (Å²) in [6.07, 6.45) is 2.74. The van der Waals surface area contributed by atoms with Crippen LogP contribution in [0.3, 0.4) is 0 Å². The lowest BCUT2D eigenvalue weighted by Crippen LogP contribution is -2.37. The molecule has 1 unspecified atom stereocenters. The third-order valence-electron chi connectivity index (χ3n) is 6.20. The summed E-state index contributed by atoms with van der Waals surface area (Å²) in [5.74, 6) is 0.0615. The van der Waals surface area contributed by atoms with E-state index in [0.717, 1.165) is 60.8 Å². The molecule has 4 rings (SSSR count). The van der Waals surface area contributed by atoms with E-state index in [2.05, 4.69) is 17.0 Å². The number of benzene rings is 3. The molecule has 0 amide bonds. The van der Waals surface area contributed by atoms with E-state index in [1.165, 1.54) is 12.1 Å². The number of hydrogen-bond acceptors (Lipinski definition) is 3. The summed E-state index contributed by atoms with van der Waals surface area (Å²) in [6.45, 7) is 2.74. The SMILES string of the molecule is O=C(c1ccc2ccccc2c1)C1CCN(CCCC(O)c2ccc(F)cc2)CC1. The van der Waals surface area contributed by atoms with E-state index in [1.807, 2.05) is 30.3 Å². The zero-order valence-corrected chi connectivity index (χ0v) is 17.1. The smallest absolute Gasteiger partial charge is 0.166 e. The largest absolute Gasteiger partial charge is 0.388 e. The first-order valence-electron chi connectivity index (χ1n) is 10.8. The summed E-state index contributed by atoms with van der Waals surface area (Å²) in [4.78, 5) is 15.3. The highest BCUT2D eigenvalue weighted by Gasteiger charge is 2.25. The quantitative estimate of drug-likeness (QED) is 0.536. The van der Waals surface area contributed by atoms with E-state index in [4.69, 9.17) is 0 Å². The Balaban J connectivity index is 1.24. The molecule has 3 aromatic carbocycles. The molecule has 0 saturated carbocycles. The van der Waals surface area contributed by atoms with Gasteiger partial charge < -0.3 is 10.0 Å². The number of hydrogen-bond donors (Lipinski definition) is 1. The molecule has 1 aliphatic heterocycles. The summed E-state index contributed by atoms with van der Waals surface area (Å²) >= 11 is 0. The molecule has 0 bridgehead atoms. The zero-order valence-electron chi connectivity index (χ0n) is 17.1. The van der Waals surface area contributed by atoms with Gasteiger partial charge in [-0.15, -0.1) is 0 Å². The molecule has 3 aromatic rings. The third kappa shape index (κ3) is 4.94. The van der Waals surface area contributed by atoms with Crippen molar-refractivity contribution in [2.45, 2.75) is 31.8 Å². The van der Waals surface area contributed by atoms with Crippen molar-refractivity contribution >= 4 is 16.6 Å². The van der Waals surface area contributed by atoms with Gasteiger partial charge in [0.05, 0.1) is 6.10 Å². The molecule has 1 N–H and O–H groups in total. The van der Waals surface area contributed by atoms with E-state index in [1.54, 1.807) is 12.1 Å². The topological polar surface area (TPSA) is 40.5 Å². The number of fused-ring (bicyclic) bond motifs is 1. The molecule has 4 heteroatoms. The van der Waals surface area contributed by atoms with Crippen molar-refractivity contribution in [3.05, 3.63) is 83.7 Å². The Morgan fingerprint density at radius 3 is 2.43 bits per heavy atom. The van der Waals surface area contributed by atoms with Crippen LogP contribution >= 0.6 is 0 Å². The van der Waals surface area contributed by atoms with Crippen molar-refractivity contribution in [1.29, 1.82) is 0 Å². The molecule has 1 atom stereocenters. The fourth-order valence-corrected chi connectivity index (χ4v) is 4.36. The Morgan fingerprint density at radius 2 is 1.70 bits per heavy atom. The van der Waals surface area contributed by atoms with Gasteiger partial charge in [-0.1, -0.05) is 48.5 Å². The van der Waals surface area contributed by atoms with Crippen LogP contribution in [0.1, 0.15) is 47.7 Å². The Hall–Kier alpha value is -2.56. The number of halogens is 1. The summed E-state index contributed by atoms with van der Waals surface area (Å²) in [7, 11) is 0. The number of likely N-dealkylation sites (tertiary alicyclic amines) is 1. The molecule has 1 aliphatic rings. The summed E-state index contributed by atoms with van der Waals surface area (Å²) in [6, 6.07) is 20.2. The molecule has 0 aliphatic carbocycles. The highest BCUT2D eigenvalue weighted by Crippen LogP contribution is 2.25. The Kier molecular flexibility index (Phi) is 6.56. The van der Waals surface area contributed by atoms with E-state index < -0.39 is 6.10 Å². The summed E-state index contributed by atoms with van der Waals surface area (Å²) < 4.78 is 13.0. The van der Waals surface area contributed by atoms with Crippen LogP contribution in [0.2, 0.25) is 0 Å². The molecule has 3 nitrogen and oxygen atoms in total. The van der Waals surface area contributed by atoms with Crippen molar-refractivity contribution in [3.8, 4) is 0 Å². The third-order valence-corrected chi connectivity index (χ3v) is 6.20. The van der Waals surface area contributed by atoms with Crippen LogP contribution < -0.4 is 0 Å². The lowest BCUT2D eigenvalue weighted by atomic mass is 9.88. The normalized spacial score (nSPS) is 16.6. The van der Waals surface area contributed by atoms with Gasteiger partial charge in [0.2, 0.25) is 0 Å². The van der Waals surface area contributed by atoms with E-state index >= 15 is 0 Å². The summed E-state index contributed by atoms with van der Waals surface area (Å²) in [5, 5.41) is 12.5. The second-order valence-electron chi connectivity index (χ2n) is 8.25. The van der Waals surface area contributed by atoms with Gasteiger partial charge in [-0.25, -0.2) is 4.39 Å². The van der Waals surface area contributed by atoms with Gasteiger partial charge in [0, 0.05) is 11.5 Å². The lowest BCUT2D eigenvalue weighted by Gasteiger charge is -2.31. The maximum absolute atomic E-state index is 13.0. The number of carbonyl (C=O) groups excluding carboxylic acids is 1. The summed E-state index contributed by atoms with van der Waals surface area (Å²) in [5.41, 5.74) is 1.57. The molecule has 0 spiro atoms. The van der Waals surface area contributed by atoms with Crippen molar-refractivity contribution in [2.75, 3.05) is 19.6 Å². The highest BCUT2D eigenvalue weighted by molar-refractivity contribution is 6.01. The number of aliphatic hydroxyl groups excluding tert-OH is 1. The second kappa shape index (κ2) is 9.50. The maximum atomic E-state index is 13.0. The number of ketones is 1. The van der Waals surface area contributed by atoms with Crippen molar-refractivity contribution in [3.63, 3.8) is 0 Å². The predicted molar refractivity (Wildman–Crippen MR) is 118 cm³/mol. The van der Waals surface area contributed by atoms with Gasteiger partial charge in [-0.3, -0.25) is 4.79 Å². The predicted octanol–water partition coefficient (Wildman–Crippen LogP) is 5.39. The average Bonchev–Trinajstić information content (AvgIpc) is 2.79. The Bertz CT molecular complexity index is 993. The monoisotopic (exact) mass is 405 g/mol. The molecule has 0 radical (unpaired) electrons. The van der Waals surface area contributed by atoms with Gasteiger partial charge in [0.15, 0.2) is 5.78 Å². The average molecular weight is 406 g/mol. The van der Waals surface area contributed by atoms with Crippen LogP contribution in [0.4, 0.5) is 4.39 Å². The van der Waals surface area contributed by atoms with Gasteiger partial charge in [0.25, 0.3) is 0 Å². The molecule has 156 valence electrons. The van der Waals surface area contributed by atoms with Crippen molar-refractivity contribution in [1.82, 2.24) is 4.90 Å². The van der Waals surface area contributed by atoms with Crippen LogP contribution in [0.15, 0.2) is 66.7 Å². The number of Topliss-reactive ketones (excluding diaryl/α,β-unsaturated/α-hetero) is 1. The number of rotatable bonds is 7. The van der Waals surface area contributed by atoms with Gasteiger partial charge in [0.1, 0.15) is 5.82 Å². The molecule has 0 aromatic heterocycles. The highest BCUT2D eigenvalue weighted by atomic mass is 19.1. The van der Waals surface area contributed by atoms with Crippen LogP contribution in [-0.2, 0) is 0 Å². The Labute approximate surface area is 177 Å². The number of nitrogens with zero attached hydrogens (tertiary/aromatic N) is 1. The maximum Gasteiger partial charge on any atom is 0.166 e. The van der Waals surface area contributed by atoms with Gasteiger partial charge in [-0.2, -0.15) is 0 Å². The number of aliphatic hydroxyl groups is 1. The fraction of sp³-hybridized carbons (Fsp3) is 0.346. The van der Waals surface area contributed by atoms with E-state index in [9.17, 15) is 14.3 Å². The van der Waals surface area contributed by atoms with E-state index in [-0.39, 0.29) is 17.5 Å². The fourth-order valence-electron chi connectivity index (χ4n) is 4.36. The second-order valence-corrected chi connectivity index (χ2v) is 8.25. The van der Waals surface area contributed by atoms with Gasteiger partial charge >= 0.3 is 0 Å². The van der Waals surface area contributed by atoms with Crippen molar-refractivity contribution < 1.29 is 14.3 Å². The first kappa shape index (κ1) is 20.7. The number of piperidine rings is 1. The minimum atomic E-state index is -0.558. The first-order chi connectivity index (χ1) is 14.6. The lowest BCUT2D eigenvalue weighted by molar-refractivity contribution is 0.0833. The molecule has 1 heterocycles. The van der Waals surface area contributed by atoms with Crippen LogP contribution in [-0.4, -0.2) is 35.4 Å². The molecule has 1 saturated heterocycles. The van der Waals surface area contributed by atoms with Crippen molar-refractivity contribution in [2.24, 2.45) is 5.92 Å². The molecular formula is C26H28FNO2.